The number of hydrogen-bond donors (Lipinski definition) is 2. The van der Waals surface area contributed by atoms with Crippen molar-refractivity contribution >= 4 is 40.4 Å². The van der Waals surface area contributed by atoms with Crippen molar-refractivity contribution in [1.82, 2.24) is 15.6 Å². The predicted octanol–water partition coefficient (Wildman–Crippen LogP) is 4.42. The molecule has 7 heteroatoms. The van der Waals surface area contributed by atoms with Gasteiger partial charge in [0.25, 0.3) is 0 Å². The van der Waals surface area contributed by atoms with E-state index in [-0.39, 0.29) is 0 Å². The average Bonchev–Trinajstić information content (AvgIpc) is 3.23. The van der Waals surface area contributed by atoms with Crippen molar-refractivity contribution in [2.75, 3.05) is 31.6 Å². The monoisotopic (exact) mass is 396 g/mol. The van der Waals surface area contributed by atoms with Gasteiger partial charge in [-0.1, -0.05) is 0 Å². The van der Waals surface area contributed by atoms with E-state index in [4.69, 9.17) is 0 Å². The molecule has 0 unspecified atom stereocenters. The Morgan fingerprint density at radius 1 is 1.28 bits per heavy atom. The number of guanidine groups is 1. The van der Waals surface area contributed by atoms with Crippen LogP contribution in [0, 0.1) is 6.92 Å². The molecule has 0 atom stereocenters. The van der Waals surface area contributed by atoms with Gasteiger partial charge in [0.05, 0.1) is 15.6 Å². The van der Waals surface area contributed by atoms with E-state index in [0.717, 1.165) is 49.1 Å². The SMILES string of the molecule is CCNC(=NCCCCSC)NCCc1ccc(-c2csc(C)n2)s1. The Kier molecular flexibility index (Phi) is 9.36. The highest BCUT2D eigenvalue weighted by Crippen LogP contribution is 2.29. The van der Waals surface area contributed by atoms with E-state index in [0.29, 0.717) is 0 Å². The summed E-state index contributed by atoms with van der Waals surface area (Å²) < 4.78 is 0. The molecule has 2 aromatic rings. The van der Waals surface area contributed by atoms with Gasteiger partial charge in [0.15, 0.2) is 5.96 Å². The molecule has 0 radical (unpaired) electrons. The Morgan fingerprint density at radius 3 is 2.88 bits per heavy atom. The molecule has 0 bridgehead atoms. The summed E-state index contributed by atoms with van der Waals surface area (Å²) in [6, 6.07) is 4.39. The number of aliphatic imine (C=N–C) groups is 1. The molecule has 0 fully saturated rings. The Labute approximate surface area is 163 Å². The minimum Gasteiger partial charge on any atom is -0.357 e. The van der Waals surface area contributed by atoms with E-state index in [1.165, 1.54) is 21.9 Å². The van der Waals surface area contributed by atoms with Crippen LogP contribution in [0.1, 0.15) is 29.7 Å². The van der Waals surface area contributed by atoms with E-state index in [1.54, 1.807) is 11.3 Å². The summed E-state index contributed by atoms with van der Waals surface area (Å²) in [5, 5.41) is 10.0. The topological polar surface area (TPSA) is 49.3 Å². The Balaban J connectivity index is 1.77. The van der Waals surface area contributed by atoms with Gasteiger partial charge in [-0.15, -0.1) is 22.7 Å². The van der Waals surface area contributed by atoms with Gasteiger partial charge in [-0.2, -0.15) is 11.8 Å². The molecule has 2 N–H and O–H groups in total. The van der Waals surface area contributed by atoms with Crippen molar-refractivity contribution in [2.24, 2.45) is 4.99 Å². The van der Waals surface area contributed by atoms with Crippen molar-refractivity contribution in [3.63, 3.8) is 0 Å². The number of aromatic nitrogens is 1. The number of nitrogens with one attached hydrogen (secondary N) is 2. The van der Waals surface area contributed by atoms with Crippen molar-refractivity contribution in [3.8, 4) is 10.6 Å². The molecule has 2 heterocycles. The molecule has 0 saturated heterocycles. The van der Waals surface area contributed by atoms with E-state index in [2.05, 4.69) is 58.2 Å². The summed E-state index contributed by atoms with van der Waals surface area (Å²) in [7, 11) is 0. The lowest BCUT2D eigenvalue weighted by molar-refractivity contribution is 0.773. The second kappa shape index (κ2) is 11.5. The molecular formula is C18H28N4S3. The third-order valence-electron chi connectivity index (χ3n) is 3.57. The zero-order valence-electron chi connectivity index (χ0n) is 15.3. The minimum atomic E-state index is 0.891. The predicted molar refractivity (Wildman–Crippen MR) is 115 cm³/mol. The fourth-order valence-corrected chi connectivity index (χ4v) is 4.47. The molecule has 0 aliphatic rings. The Hall–Kier alpha value is -1.05. The Morgan fingerprint density at radius 2 is 2.16 bits per heavy atom. The van der Waals surface area contributed by atoms with Crippen molar-refractivity contribution in [3.05, 3.63) is 27.4 Å². The highest BCUT2D eigenvalue weighted by molar-refractivity contribution is 7.98. The number of rotatable bonds is 10. The first kappa shape index (κ1) is 20.3. The van der Waals surface area contributed by atoms with Crippen LogP contribution in [0.25, 0.3) is 10.6 Å². The lowest BCUT2D eigenvalue weighted by Crippen LogP contribution is -2.38. The lowest BCUT2D eigenvalue weighted by atomic mass is 10.3. The third kappa shape index (κ3) is 7.38. The number of thiophene rings is 1. The van der Waals surface area contributed by atoms with Gasteiger partial charge in [0.2, 0.25) is 0 Å². The van der Waals surface area contributed by atoms with Gasteiger partial charge in [0, 0.05) is 29.9 Å². The van der Waals surface area contributed by atoms with E-state index >= 15 is 0 Å². The van der Waals surface area contributed by atoms with Crippen molar-refractivity contribution < 1.29 is 0 Å². The van der Waals surface area contributed by atoms with Gasteiger partial charge in [-0.25, -0.2) is 4.98 Å². The number of thiazole rings is 1. The van der Waals surface area contributed by atoms with Gasteiger partial charge in [-0.3, -0.25) is 4.99 Å². The fraction of sp³-hybridized carbons (Fsp3) is 0.556. The number of unbranched alkanes of at least 4 members (excludes halogenated alkanes) is 1. The molecule has 4 nitrogen and oxygen atoms in total. The zero-order valence-corrected chi connectivity index (χ0v) is 17.8. The van der Waals surface area contributed by atoms with Crippen LogP contribution in [0.5, 0.6) is 0 Å². The first-order valence-corrected chi connectivity index (χ1v) is 11.8. The maximum absolute atomic E-state index is 4.65. The third-order valence-corrected chi connectivity index (χ3v) is 6.21. The van der Waals surface area contributed by atoms with Crippen LogP contribution >= 0.6 is 34.4 Å². The maximum atomic E-state index is 4.65. The van der Waals surface area contributed by atoms with Crippen LogP contribution in [0.4, 0.5) is 0 Å². The molecule has 0 aromatic carbocycles. The number of hydrogen-bond acceptors (Lipinski definition) is 5. The quantitative estimate of drug-likeness (QED) is 0.354. The van der Waals surface area contributed by atoms with E-state index < -0.39 is 0 Å². The van der Waals surface area contributed by atoms with Gasteiger partial charge in [-0.05, 0) is 57.3 Å². The summed E-state index contributed by atoms with van der Waals surface area (Å²) >= 11 is 5.44. The molecule has 2 aromatic heterocycles. The van der Waals surface area contributed by atoms with Crippen LogP contribution in [-0.2, 0) is 6.42 Å². The summed E-state index contributed by atoms with van der Waals surface area (Å²) in [6.07, 6.45) is 5.54. The highest BCUT2D eigenvalue weighted by Gasteiger charge is 2.06. The molecule has 0 spiro atoms. The summed E-state index contributed by atoms with van der Waals surface area (Å²) in [4.78, 5) is 11.9. The first-order chi connectivity index (χ1) is 12.2. The van der Waals surface area contributed by atoms with Crippen LogP contribution in [0.15, 0.2) is 22.5 Å². The maximum Gasteiger partial charge on any atom is 0.191 e. The van der Waals surface area contributed by atoms with Crippen LogP contribution in [-0.4, -0.2) is 42.6 Å². The summed E-state index contributed by atoms with van der Waals surface area (Å²) in [5.74, 6) is 2.15. The van der Waals surface area contributed by atoms with Gasteiger partial charge in [0.1, 0.15) is 0 Å². The van der Waals surface area contributed by atoms with Crippen LogP contribution < -0.4 is 10.6 Å². The lowest BCUT2D eigenvalue weighted by Gasteiger charge is -2.10. The Bertz CT molecular complexity index is 648. The standard InChI is InChI=1S/C18H28N4S3/c1-4-19-18(20-10-5-6-12-23-3)21-11-9-15-7-8-17(25-15)16-13-24-14(2)22-16/h7-8,13H,4-6,9-12H2,1-3H3,(H2,19,20,21). The minimum absolute atomic E-state index is 0.891. The number of nitrogens with zero attached hydrogens (tertiary/aromatic N) is 2. The van der Waals surface area contributed by atoms with E-state index in [1.807, 2.05) is 23.1 Å². The van der Waals surface area contributed by atoms with E-state index in [9.17, 15) is 0 Å². The number of thioether (sulfide) groups is 1. The smallest absolute Gasteiger partial charge is 0.191 e. The van der Waals surface area contributed by atoms with Crippen molar-refractivity contribution in [2.45, 2.75) is 33.1 Å². The fourth-order valence-electron chi connectivity index (χ4n) is 2.32. The zero-order chi connectivity index (χ0) is 17.9. The van der Waals surface area contributed by atoms with Gasteiger partial charge >= 0.3 is 0 Å². The molecule has 25 heavy (non-hydrogen) atoms. The molecule has 0 aliphatic carbocycles. The van der Waals surface area contributed by atoms with Crippen molar-refractivity contribution in [1.29, 1.82) is 0 Å². The molecule has 0 saturated carbocycles. The summed E-state index contributed by atoms with van der Waals surface area (Å²) in [6.45, 7) is 6.83. The molecular weight excluding hydrogens is 368 g/mol. The first-order valence-electron chi connectivity index (χ1n) is 8.75. The average molecular weight is 397 g/mol. The molecule has 138 valence electrons. The van der Waals surface area contributed by atoms with Crippen LogP contribution in [0.2, 0.25) is 0 Å². The number of aryl methyl sites for hydroxylation is 1. The molecule has 0 aliphatic heterocycles. The van der Waals surface area contributed by atoms with Gasteiger partial charge < -0.3 is 10.6 Å². The molecule has 0 amide bonds. The van der Waals surface area contributed by atoms with Crippen LogP contribution in [0.3, 0.4) is 0 Å². The second-order valence-electron chi connectivity index (χ2n) is 5.66. The highest BCUT2D eigenvalue weighted by atomic mass is 32.2. The largest absolute Gasteiger partial charge is 0.357 e. The normalized spacial score (nSPS) is 11.7. The second-order valence-corrected chi connectivity index (χ2v) is 8.87. The molecule has 2 rings (SSSR count). The summed E-state index contributed by atoms with van der Waals surface area (Å²) in [5.41, 5.74) is 1.10.